The number of hydrogen-bond donors (Lipinski definition) is 1. The third kappa shape index (κ3) is 5.79. The van der Waals surface area contributed by atoms with Gasteiger partial charge in [-0.25, -0.2) is 12.7 Å². The molecule has 108 valence electrons. The molecule has 0 saturated heterocycles. The van der Waals surface area contributed by atoms with Gasteiger partial charge in [-0.05, 0) is 33.2 Å². The molecule has 0 saturated carbocycles. The number of carbonyl (C=O) groups is 1. The van der Waals surface area contributed by atoms with Crippen LogP contribution in [-0.2, 0) is 19.6 Å². The van der Waals surface area contributed by atoms with Crippen molar-refractivity contribution in [3.8, 4) is 0 Å². The summed E-state index contributed by atoms with van der Waals surface area (Å²) in [6.45, 7) is 4.04. The highest BCUT2D eigenvalue weighted by molar-refractivity contribution is 7.89. The molecule has 0 radical (unpaired) electrons. The van der Waals surface area contributed by atoms with E-state index in [0.717, 1.165) is 0 Å². The number of methoxy groups -OCH3 is 1. The van der Waals surface area contributed by atoms with E-state index in [0.29, 0.717) is 19.4 Å². The highest BCUT2D eigenvalue weighted by Crippen LogP contribution is 2.05. The summed E-state index contributed by atoms with van der Waals surface area (Å²) in [5, 5.41) is 3.04. The third-order valence-electron chi connectivity index (χ3n) is 2.65. The van der Waals surface area contributed by atoms with Crippen LogP contribution in [0.25, 0.3) is 0 Å². The summed E-state index contributed by atoms with van der Waals surface area (Å²) >= 11 is 0. The van der Waals surface area contributed by atoms with Crippen LogP contribution in [0.4, 0.5) is 0 Å². The standard InChI is InChI=1S/C11H24N2O4S/c1-11(2,10(14)17-5)12-8-6-7-9-18(15,16)13(3)4/h12H,6-9H2,1-5H3. The largest absolute Gasteiger partial charge is 0.468 e. The molecule has 0 aliphatic carbocycles. The molecule has 1 N–H and O–H groups in total. The zero-order chi connectivity index (χ0) is 14.4. The van der Waals surface area contributed by atoms with Gasteiger partial charge < -0.3 is 10.1 Å². The van der Waals surface area contributed by atoms with E-state index in [1.807, 2.05) is 0 Å². The molecule has 0 aliphatic heterocycles. The fourth-order valence-corrected chi connectivity index (χ4v) is 2.25. The van der Waals surface area contributed by atoms with Gasteiger partial charge in [-0.1, -0.05) is 0 Å². The van der Waals surface area contributed by atoms with Crippen molar-refractivity contribution in [2.24, 2.45) is 0 Å². The summed E-state index contributed by atoms with van der Waals surface area (Å²) in [5.41, 5.74) is -0.741. The number of esters is 1. The Kier molecular flexibility index (Phi) is 6.80. The molecule has 0 amide bonds. The maximum atomic E-state index is 11.5. The highest BCUT2D eigenvalue weighted by Gasteiger charge is 2.27. The maximum absolute atomic E-state index is 11.5. The first kappa shape index (κ1) is 17.3. The van der Waals surface area contributed by atoms with E-state index >= 15 is 0 Å². The lowest BCUT2D eigenvalue weighted by molar-refractivity contribution is -0.147. The van der Waals surface area contributed by atoms with E-state index in [4.69, 9.17) is 0 Å². The number of hydrogen-bond acceptors (Lipinski definition) is 5. The number of nitrogens with zero attached hydrogens (tertiary/aromatic N) is 1. The van der Waals surface area contributed by atoms with Gasteiger partial charge in [-0.2, -0.15) is 0 Å². The minimum Gasteiger partial charge on any atom is -0.468 e. The molecule has 0 aromatic heterocycles. The van der Waals surface area contributed by atoms with E-state index in [-0.39, 0.29) is 11.7 Å². The second-order valence-corrected chi connectivity index (χ2v) is 7.15. The predicted octanol–water partition coefficient (Wildman–Crippen LogP) is 0.199. The van der Waals surface area contributed by atoms with Crippen LogP contribution in [0, 0.1) is 0 Å². The Labute approximate surface area is 110 Å². The molecule has 0 fully saturated rings. The first-order valence-corrected chi connectivity index (χ1v) is 7.48. The average Bonchev–Trinajstić information content (AvgIpc) is 2.26. The lowest BCUT2D eigenvalue weighted by Gasteiger charge is -2.23. The summed E-state index contributed by atoms with van der Waals surface area (Å²) in [6.07, 6.45) is 1.25. The van der Waals surface area contributed by atoms with Gasteiger partial charge in [0.15, 0.2) is 0 Å². The Morgan fingerprint density at radius 3 is 2.28 bits per heavy atom. The first-order valence-electron chi connectivity index (χ1n) is 5.87. The molecule has 0 bridgehead atoms. The van der Waals surface area contributed by atoms with E-state index < -0.39 is 15.6 Å². The Morgan fingerprint density at radius 1 is 1.28 bits per heavy atom. The average molecular weight is 280 g/mol. The van der Waals surface area contributed by atoms with Crippen molar-refractivity contribution in [3.63, 3.8) is 0 Å². The van der Waals surface area contributed by atoms with Crippen LogP contribution in [0.2, 0.25) is 0 Å². The van der Waals surface area contributed by atoms with Crippen LogP contribution in [0.15, 0.2) is 0 Å². The van der Waals surface area contributed by atoms with Crippen LogP contribution < -0.4 is 5.32 Å². The van der Waals surface area contributed by atoms with Crippen LogP contribution in [-0.4, -0.2) is 57.7 Å². The van der Waals surface area contributed by atoms with Gasteiger partial charge in [-0.15, -0.1) is 0 Å². The molecule has 0 aromatic carbocycles. The highest BCUT2D eigenvalue weighted by atomic mass is 32.2. The second kappa shape index (κ2) is 7.06. The van der Waals surface area contributed by atoms with E-state index in [1.54, 1.807) is 13.8 Å². The Morgan fingerprint density at radius 2 is 1.83 bits per heavy atom. The van der Waals surface area contributed by atoms with Crippen LogP contribution in [0.5, 0.6) is 0 Å². The molecule has 0 aromatic rings. The monoisotopic (exact) mass is 280 g/mol. The van der Waals surface area contributed by atoms with Gasteiger partial charge in [0, 0.05) is 14.1 Å². The molecule has 0 unspecified atom stereocenters. The minimum absolute atomic E-state index is 0.125. The summed E-state index contributed by atoms with van der Waals surface area (Å²) in [5.74, 6) is -0.205. The Balaban J connectivity index is 3.92. The van der Waals surface area contributed by atoms with Crippen LogP contribution in [0.3, 0.4) is 0 Å². The number of carbonyl (C=O) groups excluding carboxylic acids is 1. The summed E-state index contributed by atoms with van der Waals surface area (Å²) in [7, 11) is 1.27. The van der Waals surface area contributed by atoms with Crippen LogP contribution >= 0.6 is 0 Å². The molecular weight excluding hydrogens is 256 g/mol. The maximum Gasteiger partial charge on any atom is 0.325 e. The number of sulfonamides is 1. The van der Waals surface area contributed by atoms with Gasteiger partial charge in [0.2, 0.25) is 10.0 Å². The van der Waals surface area contributed by atoms with Crippen molar-refractivity contribution in [1.82, 2.24) is 9.62 Å². The first-order chi connectivity index (χ1) is 8.13. The molecule has 0 spiro atoms. The molecule has 18 heavy (non-hydrogen) atoms. The molecule has 7 heteroatoms. The van der Waals surface area contributed by atoms with Gasteiger partial charge in [-0.3, -0.25) is 4.79 Å². The number of nitrogens with one attached hydrogen (secondary N) is 1. The zero-order valence-electron chi connectivity index (χ0n) is 11.8. The van der Waals surface area contributed by atoms with Crippen LogP contribution in [0.1, 0.15) is 26.7 Å². The van der Waals surface area contributed by atoms with Gasteiger partial charge in [0.1, 0.15) is 5.54 Å². The topological polar surface area (TPSA) is 75.7 Å². The molecule has 0 aliphatic rings. The molecule has 0 atom stereocenters. The minimum atomic E-state index is -3.12. The van der Waals surface area contributed by atoms with Gasteiger partial charge >= 0.3 is 5.97 Å². The number of unbranched alkanes of at least 4 members (excludes halogenated alkanes) is 1. The number of rotatable bonds is 8. The molecule has 0 heterocycles. The predicted molar refractivity (Wildman–Crippen MR) is 70.8 cm³/mol. The SMILES string of the molecule is COC(=O)C(C)(C)NCCCCS(=O)(=O)N(C)C. The van der Waals surface area contributed by atoms with E-state index in [9.17, 15) is 13.2 Å². The van der Waals surface area contributed by atoms with Crippen molar-refractivity contribution < 1.29 is 17.9 Å². The van der Waals surface area contributed by atoms with Gasteiger partial charge in [0.05, 0.1) is 12.9 Å². The lowest BCUT2D eigenvalue weighted by atomic mass is 10.1. The normalized spacial score (nSPS) is 12.8. The molecule has 0 rings (SSSR count). The summed E-state index contributed by atoms with van der Waals surface area (Å²) in [4.78, 5) is 11.4. The zero-order valence-corrected chi connectivity index (χ0v) is 12.6. The van der Waals surface area contributed by atoms with Crippen molar-refractivity contribution in [2.75, 3.05) is 33.5 Å². The van der Waals surface area contributed by atoms with Crippen molar-refractivity contribution >= 4 is 16.0 Å². The summed E-state index contributed by atoms with van der Waals surface area (Å²) in [6, 6.07) is 0. The summed E-state index contributed by atoms with van der Waals surface area (Å²) < 4.78 is 28.8. The Hall–Kier alpha value is -0.660. The number of ether oxygens (including phenoxy) is 1. The molecule has 6 nitrogen and oxygen atoms in total. The fraction of sp³-hybridized carbons (Fsp3) is 0.909. The fourth-order valence-electron chi connectivity index (χ4n) is 1.32. The van der Waals surface area contributed by atoms with Crippen molar-refractivity contribution in [1.29, 1.82) is 0 Å². The van der Waals surface area contributed by atoms with Crippen molar-refractivity contribution in [3.05, 3.63) is 0 Å². The third-order valence-corrected chi connectivity index (χ3v) is 4.57. The van der Waals surface area contributed by atoms with Crippen molar-refractivity contribution in [2.45, 2.75) is 32.2 Å². The quantitative estimate of drug-likeness (QED) is 0.508. The van der Waals surface area contributed by atoms with Gasteiger partial charge in [0.25, 0.3) is 0 Å². The Bertz CT molecular complexity index is 363. The van der Waals surface area contributed by atoms with E-state index in [1.165, 1.54) is 25.5 Å². The smallest absolute Gasteiger partial charge is 0.325 e. The molecular formula is C11H24N2O4S. The lowest BCUT2D eigenvalue weighted by Crippen LogP contribution is -2.47. The van der Waals surface area contributed by atoms with E-state index in [2.05, 4.69) is 10.1 Å². The second-order valence-electron chi connectivity index (χ2n) is 4.85.